The number of nitrogens with two attached hydrogens (primary N) is 1. The Morgan fingerprint density at radius 2 is 1.95 bits per heavy atom. The smallest absolute Gasteiger partial charge is 0.223 e. The first-order chi connectivity index (χ1) is 9.78. The van der Waals surface area contributed by atoms with Crippen LogP contribution < -0.4 is 20.5 Å². The van der Waals surface area contributed by atoms with E-state index >= 15 is 0 Å². The third-order valence-corrected chi connectivity index (χ3v) is 2.76. The third-order valence-electron chi connectivity index (χ3n) is 2.76. The van der Waals surface area contributed by atoms with Crippen molar-refractivity contribution in [3.05, 3.63) is 30.5 Å². The van der Waals surface area contributed by atoms with Gasteiger partial charge in [0.15, 0.2) is 11.5 Å². The fourth-order valence-electron chi connectivity index (χ4n) is 1.78. The summed E-state index contributed by atoms with van der Waals surface area (Å²) >= 11 is 0. The molecule has 6 heteroatoms. The molecule has 0 saturated heterocycles. The zero-order chi connectivity index (χ0) is 14.4. The van der Waals surface area contributed by atoms with Gasteiger partial charge in [-0.3, -0.25) is 0 Å². The van der Waals surface area contributed by atoms with E-state index in [0.29, 0.717) is 30.5 Å². The van der Waals surface area contributed by atoms with E-state index in [9.17, 15) is 0 Å². The minimum atomic E-state index is 0.532. The second-order valence-electron chi connectivity index (χ2n) is 4.05. The Kier molecular flexibility index (Phi) is 4.73. The lowest BCUT2D eigenvalue weighted by Gasteiger charge is -2.10. The second-order valence-corrected chi connectivity index (χ2v) is 4.05. The van der Waals surface area contributed by atoms with Crippen molar-refractivity contribution in [2.24, 2.45) is 5.73 Å². The van der Waals surface area contributed by atoms with Crippen LogP contribution in [-0.4, -0.2) is 37.3 Å². The first-order valence-electron chi connectivity index (χ1n) is 6.28. The monoisotopic (exact) mass is 274 g/mol. The SMILES string of the molecule is COc1ccc(-c2ccnc(NCCN)n2)cc1OC. The molecule has 20 heavy (non-hydrogen) atoms. The number of benzene rings is 1. The van der Waals surface area contributed by atoms with Crippen LogP contribution in [0.25, 0.3) is 11.3 Å². The molecule has 3 N–H and O–H groups in total. The highest BCUT2D eigenvalue weighted by Gasteiger charge is 2.07. The molecule has 0 radical (unpaired) electrons. The summed E-state index contributed by atoms with van der Waals surface area (Å²) in [5, 5.41) is 3.05. The normalized spacial score (nSPS) is 10.2. The first kappa shape index (κ1) is 14.1. The van der Waals surface area contributed by atoms with E-state index in [-0.39, 0.29) is 0 Å². The highest BCUT2D eigenvalue weighted by atomic mass is 16.5. The number of anilines is 1. The van der Waals surface area contributed by atoms with E-state index in [1.54, 1.807) is 20.4 Å². The predicted molar refractivity (Wildman–Crippen MR) is 78.1 cm³/mol. The number of hydrogen-bond acceptors (Lipinski definition) is 6. The Morgan fingerprint density at radius 1 is 1.15 bits per heavy atom. The van der Waals surface area contributed by atoms with Crippen molar-refractivity contribution in [2.45, 2.75) is 0 Å². The number of rotatable bonds is 6. The van der Waals surface area contributed by atoms with Crippen LogP contribution in [-0.2, 0) is 0 Å². The van der Waals surface area contributed by atoms with E-state index in [1.165, 1.54) is 0 Å². The lowest BCUT2D eigenvalue weighted by molar-refractivity contribution is 0.355. The van der Waals surface area contributed by atoms with Crippen molar-refractivity contribution in [1.82, 2.24) is 9.97 Å². The predicted octanol–water partition coefficient (Wildman–Crippen LogP) is 1.53. The van der Waals surface area contributed by atoms with Gasteiger partial charge in [0.05, 0.1) is 19.9 Å². The highest BCUT2D eigenvalue weighted by molar-refractivity contribution is 5.64. The lowest BCUT2D eigenvalue weighted by atomic mass is 10.1. The number of methoxy groups -OCH3 is 2. The van der Waals surface area contributed by atoms with Crippen LogP contribution in [0.15, 0.2) is 30.5 Å². The summed E-state index contributed by atoms with van der Waals surface area (Å²) in [6, 6.07) is 7.50. The quantitative estimate of drug-likeness (QED) is 0.831. The molecule has 2 aromatic rings. The van der Waals surface area contributed by atoms with Crippen molar-refractivity contribution >= 4 is 5.95 Å². The maximum absolute atomic E-state index is 5.45. The summed E-state index contributed by atoms with van der Waals surface area (Å²) in [6.45, 7) is 1.17. The van der Waals surface area contributed by atoms with Gasteiger partial charge in [0, 0.05) is 24.8 Å². The number of ether oxygens (including phenoxy) is 2. The molecule has 1 aromatic carbocycles. The molecule has 0 fully saturated rings. The number of nitrogens with zero attached hydrogens (tertiary/aromatic N) is 2. The fraction of sp³-hybridized carbons (Fsp3) is 0.286. The molecule has 1 aromatic heterocycles. The Balaban J connectivity index is 2.31. The zero-order valence-corrected chi connectivity index (χ0v) is 11.6. The van der Waals surface area contributed by atoms with Gasteiger partial charge in [0.2, 0.25) is 5.95 Å². The Labute approximate surface area is 118 Å². The van der Waals surface area contributed by atoms with Crippen molar-refractivity contribution in [2.75, 3.05) is 32.6 Å². The number of aromatic nitrogens is 2. The van der Waals surface area contributed by atoms with Gasteiger partial charge in [-0.05, 0) is 24.3 Å². The maximum atomic E-state index is 5.45. The molecule has 0 aliphatic carbocycles. The van der Waals surface area contributed by atoms with E-state index in [2.05, 4.69) is 15.3 Å². The van der Waals surface area contributed by atoms with Gasteiger partial charge >= 0.3 is 0 Å². The van der Waals surface area contributed by atoms with E-state index < -0.39 is 0 Å². The molecule has 0 atom stereocenters. The summed E-state index contributed by atoms with van der Waals surface area (Å²) in [4.78, 5) is 8.58. The minimum absolute atomic E-state index is 0.532. The average Bonchev–Trinajstić information content (AvgIpc) is 2.52. The van der Waals surface area contributed by atoms with Crippen LogP contribution in [0.3, 0.4) is 0 Å². The molecular weight excluding hydrogens is 256 g/mol. The van der Waals surface area contributed by atoms with Crippen LogP contribution in [0.4, 0.5) is 5.95 Å². The average molecular weight is 274 g/mol. The third kappa shape index (κ3) is 3.16. The molecule has 106 valence electrons. The molecule has 0 aliphatic rings. The summed E-state index contributed by atoms with van der Waals surface area (Å²) in [5.74, 6) is 1.91. The largest absolute Gasteiger partial charge is 0.493 e. The van der Waals surface area contributed by atoms with Crippen LogP contribution in [0.5, 0.6) is 11.5 Å². The number of hydrogen-bond donors (Lipinski definition) is 2. The lowest BCUT2D eigenvalue weighted by Crippen LogP contribution is -2.14. The molecule has 0 spiro atoms. The fourth-order valence-corrected chi connectivity index (χ4v) is 1.78. The Hall–Kier alpha value is -2.34. The summed E-state index contributed by atoms with van der Waals surface area (Å²) in [5.41, 5.74) is 7.18. The van der Waals surface area contributed by atoms with Crippen molar-refractivity contribution < 1.29 is 9.47 Å². The van der Waals surface area contributed by atoms with Gasteiger partial charge < -0.3 is 20.5 Å². The highest BCUT2D eigenvalue weighted by Crippen LogP contribution is 2.31. The molecule has 0 saturated carbocycles. The zero-order valence-electron chi connectivity index (χ0n) is 11.6. The van der Waals surface area contributed by atoms with Crippen molar-refractivity contribution in [3.63, 3.8) is 0 Å². The molecular formula is C14H18N4O2. The molecule has 0 bridgehead atoms. The minimum Gasteiger partial charge on any atom is -0.493 e. The van der Waals surface area contributed by atoms with Gasteiger partial charge in [-0.1, -0.05) is 0 Å². The second kappa shape index (κ2) is 6.72. The van der Waals surface area contributed by atoms with Gasteiger partial charge in [-0.15, -0.1) is 0 Å². The topological polar surface area (TPSA) is 82.3 Å². The summed E-state index contributed by atoms with van der Waals surface area (Å²) < 4.78 is 10.5. The summed E-state index contributed by atoms with van der Waals surface area (Å²) in [7, 11) is 3.22. The van der Waals surface area contributed by atoms with E-state index in [0.717, 1.165) is 11.3 Å². The Morgan fingerprint density at radius 3 is 2.65 bits per heavy atom. The standard InChI is InChI=1S/C14H18N4O2/c1-19-12-4-3-10(9-13(12)20-2)11-5-7-16-14(18-11)17-8-6-15/h3-5,7,9H,6,8,15H2,1-2H3,(H,16,17,18). The molecule has 6 nitrogen and oxygen atoms in total. The van der Waals surface area contributed by atoms with Crippen LogP contribution in [0, 0.1) is 0 Å². The van der Waals surface area contributed by atoms with Crippen LogP contribution in [0.1, 0.15) is 0 Å². The van der Waals surface area contributed by atoms with E-state index in [1.807, 2.05) is 24.3 Å². The molecule has 2 rings (SSSR count). The first-order valence-corrected chi connectivity index (χ1v) is 6.28. The summed E-state index contributed by atoms with van der Waals surface area (Å²) in [6.07, 6.45) is 1.71. The number of nitrogens with one attached hydrogen (secondary N) is 1. The van der Waals surface area contributed by atoms with Crippen molar-refractivity contribution in [1.29, 1.82) is 0 Å². The molecule has 0 amide bonds. The van der Waals surface area contributed by atoms with Crippen LogP contribution >= 0.6 is 0 Å². The van der Waals surface area contributed by atoms with Gasteiger partial charge in [0.25, 0.3) is 0 Å². The maximum Gasteiger partial charge on any atom is 0.223 e. The van der Waals surface area contributed by atoms with Gasteiger partial charge in [0.1, 0.15) is 0 Å². The van der Waals surface area contributed by atoms with Crippen molar-refractivity contribution in [3.8, 4) is 22.8 Å². The van der Waals surface area contributed by atoms with Gasteiger partial charge in [-0.25, -0.2) is 9.97 Å². The molecule has 0 unspecified atom stereocenters. The Bertz CT molecular complexity index is 575. The molecule has 0 aliphatic heterocycles. The van der Waals surface area contributed by atoms with Crippen LogP contribution in [0.2, 0.25) is 0 Å². The van der Waals surface area contributed by atoms with E-state index in [4.69, 9.17) is 15.2 Å². The molecule has 1 heterocycles. The van der Waals surface area contributed by atoms with Gasteiger partial charge in [-0.2, -0.15) is 0 Å².